The van der Waals surface area contributed by atoms with Crippen LogP contribution in [0, 0.1) is 11.8 Å². The monoisotopic (exact) mass is 385 g/mol. The number of quaternary nitrogens is 1. The fourth-order valence-corrected chi connectivity index (χ4v) is 6.46. The number of hydrogen-bond donors (Lipinski definition) is 1. The Morgan fingerprint density at radius 3 is 2.54 bits per heavy atom. The molecule has 2 aromatic rings. The molecule has 0 radical (unpaired) electrons. The van der Waals surface area contributed by atoms with E-state index < -0.39 is 0 Å². The first kappa shape index (κ1) is 16.4. The zero-order chi connectivity index (χ0) is 17.8. The molecule has 132 valence electrons. The van der Waals surface area contributed by atoms with Crippen LogP contribution in [-0.2, 0) is 9.59 Å². The SMILES string of the molecule is O=C1[C@@H]2[C@@H](C(=O)N1c1ccccc1)[C@@H](c1cccc(Cl)c1)[NH+]1CSC[C@H]21. The van der Waals surface area contributed by atoms with Gasteiger partial charge in [0, 0.05) is 10.6 Å². The Morgan fingerprint density at radius 2 is 1.77 bits per heavy atom. The van der Waals surface area contributed by atoms with Crippen molar-refractivity contribution < 1.29 is 14.5 Å². The van der Waals surface area contributed by atoms with Crippen molar-refractivity contribution >= 4 is 40.9 Å². The molecular weight excluding hydrogens is 368 g/mol. The first-order valence-electron chi connectivity index (χ1n) is 8.78. The molecule has 0 bridgehead atoms. The molecule has 0 aliphatic carbocycles. The number of fused-ring (bicyclic) bond motifs is 3. The van der Waals surface area contributed by atoms with Crippen molar-refractivity contribution in [3.63, 3.8) is 0 Å². The number of hydrogen-bond acceptors (Lipinski definition) is 3. The third kappa shape index (κ3) is 2.27. The summed E-state index contributed by atoms with van der Waals surface area (Å²) in [5.74, 6) is 1.21. The molecule has 6 heteroatoms. The van der Waals surface area contributed by atoms with Gasteiger partial charge in [-0.15, -0.1) is 0 Å². The zero-order valence-corrected chi connectivity index (χ0v) is 15.5. The van der Waals surface area contributed by atoms with Crippen molar-refractivity contribution in [3.8, 4) is 0 Å². The lowest BCUT2D eigenvalue weighted by Crippen LogP contribution is -3.12. The van der Waals surface area contributed by atoms with Crippen LogP contribution >= 0.6 is 23.4 Å². The summed E-state index contributed by atoms with van der Waals surface area (Å²) in [6, 6.07) is 17.2. The van der Waals surface area contributed by atoms with Crippen LogP contribution in [0.15, 0.2) is 54.6 Å². The second-order valence-corrected chi connectivity index (χ2v) is 8.59. The number of thioether (sulfide) groups is 1. The number of imide groups is 1. The molecule has 3 aliphatic rings. The fraction of sp³-hybridized carbons (Fsp3) is 0.300. The highest BCUT2D eigenvalue weighted by molar-refractivity contribution is 7.99. The molecular formula is C20H18ClN2O2S+. The zero-order valence-electron chi connectivity index (χ0n) is 14.0. The van der Waals surface area contributed by atoms with Crippen LogP contribution in [0.5, 0.6) is 0 Å². The molecule has 1 N–H and O–H groups in total. The first-order chi connectivity index (χ1) is 12.7. The summed E-state index contributed by atoms with van der Waals surface area (Å²) in [5, 5.41) is 0.672. The van der Waals surface area contributed by atoms with Gasteiger partial charge in [0.25, 0.3) is 0 Å². The smallest absolute Gasteiger partial charge is 0.244 e. The predicted octanol–water partition coefficient (Wildman–Crippen LogP) is 2.16. The van der Waals surface area contributed by atoms with Gasteiger partial charge in [-0.05, 0) is 24.3 Å². The maximum absolute atomic E-state index is 13.3. The standard InChI is InChI=1S/C20H17ClN2O2S/c21-13-6-4-5-12(9-13)18-17-16(15-10-26-11-22(15)18)19(24)23(20(17)25)14-7-2-1-3-8-14/h1-9,15-18H,10-11H2/p+1/t15-,16+,17-,18-/m1/s1. The van der Waals surface area contributed by atoms with E-state index in [1.54, 1.807) is 0 Å². The Labute approximate surface area is 161 Å². The highest BCUT2D eigenvalue weighted by Gasteiger charge is 2.66. The van der Waals surface area contributed by atoms with Gasteiger partial charge in [-0.2, -0.15) is 0 Å². The summed E-state index contributed by atoms with van der Waals surface area (Å²) in [7, 11) is 0. The minimum Gasteiger partial charge on any atom is -0.316 e. The number of carbonyl (C=O) groups excluding carboxylic acids is 2. The van der Waals surface area contributed by atoms with Gasteiger partial charge < -0.3 is 4.90 Å². The molecule has 3 heterocycles. The summed E-state index contributed by atoms with van der Waals surface area (Å²) in [6.07, 6.45) is 0. The number of nitrogens with zero attached hydrogens (tertiary/aromatic N) is 1. The Hall–Kier alpha value is -1.82. The molecule has 26 heavy (non-hydrogen) atoms. The lowest BCUT2D eigenvalue weighted by atomic mass is 9.87. The van der Waals surface area contributed by atoms with E-state index in [1.165, 1.54) is 9.80 Å². The van der Waals surface area contributed by atoms with Crippen LogP contribution in [0.3, 0.4) is 0 Å². The summed E-state index contributed by atoms with van der Waals surface area (Å²) in [6.45, 7) is 0. The van der Waals surface area contributed by atoms with Crippen LogP contribution < -0.4 is 9.80 Å². The van der Waals surface area contributed by atoms with Gasteiger partial charge in [-0.3, -0.25) is 9.59 Å². The molecule has 2 aromatic carbocycles. The predicted molar refractivity (Wildman–Crippen MR) is 102 cm³/mol. The number of benzene rings is 2. The van der Waals surface area contributed by atoms with Gasteiger partial charge in [-0.1, -0.05) is 53.7 Å². The second kappa shape index (κ2) is 6.12. The Kier molecular flexibility index (Phi) is 3.85. The summed E-state index contributed by atoms with van der Waals surface area (Å²) in [5.41, 5.74) is 1.73. The lowest BCUT2D eigenvalue weighted by Gasteiger charge is -2.25. The van der Waals surface area contributed by atoms with Crippen LogP contribution in [0.2, 0.25) is 5.02 Å². The summed E-state index contributed by atoms with van der Waals surface area (Å²) < 4.78 is 0. The maximum atomic E-state index is 13.3. The van der Waals surface area contributed by atoms with E-state index in [2.05, 4.69) is 0 Å². The normalized spacial score (nSPS) is 32.8. The van der Waals surface area contributed by atoms with E-state index in [9.17, 15) is 9.59 Å². The van der Waals surface area contributed by atoms with Crippen molar-refractivity contribution in [1.82, 2.24) is 0 Å². The molecule has 0 aromatic heterocycles. The van der Waals surface area contributed by atoms with Gasteiger partial charge in [0.1, 0.15) is 29.8 Å². The number of rotatable bonds is 2. The molecule has 0 spiro atoms. The van der Waals surface area contributed by atoms with Crippen LogP contribution in [-0.4, -0.2) is 29.5 Å². The number of amides is 2. The van der Waals surface area contributed by atoms with Crippen LogP contribution in [0.25, 0.3) is 0 Å². The van der Waals surface area contributed by atoms with E-state index in [-0.39, 0.29) is 35.7 Å². The van der Waals surface area contributed by atoms with Crippen molar-refractivity contribution in [1.29, 1.82) is 0 Å². The average molecular weight is 386 g/mol. The lowest BCUT2D eigenvalue weighted by molar-refractivity contribution is -0.924. The molecule has 5 rings (SSSR count). The topological polar surface area (TPSA) is 41.8 Å². The quantitative estimate of drug-likeness (QED) is 0.805. The average Bonchev–Trinajstić information content (AvgIpc) is 3.28. The molecule has 4 nitrogen and oxygen atoms in total. The molecule has 5 atom stereocenters. The summed E-state index contributed by atoms with van der Waals surface area (Å²) >= 11 is 8.09. The van der Waals surface area contributed by atoms with Crippen molar-refractivity contribution in [2.24, 2.45) is 11.8 Å². The van der Waals surface area contributed by atoms with Gasteiger partial charge in [0.05, 0.1) is 11.4 Å². The summed E-state index contributed by atoms with van der Waals surface area (Å²) in [4.78, 5) is 29.3. The fourth-order valence-electron chi connectivity index (χ4n) is 4.84. The minimum atomic E-state index is -0.304. The van der Waals surface area contributed by atoms with Crippen LogP contribution in [0.1, 0.15) is 11.6 Å². The van der Waals surface area contributed by atoms with Gasteiger partial charge >= 0.3 is 0 Å². The molecule has 2 amide bonds. The van der Waals surface area contributed by atoms with Crippen molar-refractivity contribution in [3.05, 3.63) is 65.2 Å². The molecule has 3 aliphatic heterocycles. The molecule has 3 saturated heterocycles. The Balaban J connectivity index is 1.60. The van der Waals surface area contributed by atoms with E-state index in [4.69, 9.17) is 11.6 Å². The van der Waals surface area contributed by atoms with Crippen LogP contribution in [0.4, 0.5) is 5.69 Å². The van der Waals surface area contributed by atoms with Gasteiger partial charge in [-0.25, -0.2) is 4.90 Å². The number of para-hydroxylation sites is 1. The Morgan fingerprint density at radius 1 is 1.00 bits per heavy atom. The number of carbonyl (C=O) groups is 2. The number of anilines is 1. The van der Waals surface area contributed by atoms with Gasteiger partial charge in [0.15, 0.2) is 0 Å². The van der Waals surface area contributed by atoms with E-state index in [0.717, 1.165) is 17.2 Å². The van der Waals surface area contributed by atoms with E-state index in [1.807, 2.05) is 66.4 Å². The second-order valence-electron chi connectivity index (χ2n) is 7.13. The molecule has 1 unspecified atom stereocenters. The number of nitrogens with one attached hydrogen (secondary N) is 1. The van der Waals surface area contributed by atoms with Gasteiger partial charge in [0.2, 0.25) is 11.8 Å². The highest BCUT2D eigenvalue weighted by atomic mass is 35.5. The molecule has 0 saturated carbocycles. The van der Waals surface area contributed by atoms with Crippen molar-refractivity contribution in [2.75, 3.05) is 16.5 Å². The molecule has 3 fully saturated rings. The third-order valence-electron chi connectivity index (χ3n) is 5.85. The highest BCUT2D eigenvalue weighted by Crippen LogP contribution is 2.44. The third-order valence-corrected chi connectivity index (χ3v) is 7.22. The minimum absolute atomic E-state index is 0.0103. The Bertz CT molecular complexity index is 890. The van der Waals surface area contributed by atoms with Crippen molar-refractivity contribution in [2.45, 2.75) is 12.1 Å². The van der Waals surface area contributed by atoms with E-state index >= 15 is 0 Å². The maximum Gasteiger partial charge on any atom is 0.244 e. The van der Waals surface area contributed by atoms with E-state index in [0.29, 0.717) is 10.7 Å². The number of halogens is 1. The first-order valence-corrected chi connectivity index (χ1v) is 10.3. The largest absolute Gasteiger partial charge is 0.316 e.